The molecule has 1 aromatic rings. The Morgan fingerprint density at radius 1 is 1.28 bits per heavy atom. The molecule has 1 aromatic carbocycles. The zero-order valence-corrected chi connectivity index (χ0v) is 10.3. The third kappa shape index (κ3) is 3.49. The summed E-state index contributed by atoms with van der Waals surface area (Å²) >= 11 is 0. The Labute approximate surface area is 105 Å². The molecule has 0 aliphatic heterocycles. The van der Waals surface area contributed by atoms with Crippen molar-refractivity contribution in [1.29, 1.82) is 5.26 Å². The largest absolute Gasteiger partial charge is 0.300 e. The molecule has 0 radical (unpaired) electrons. The second-order valence-electron chi connectivity index (χ2n) is 4.28. The minimum atomic E-state index is -0.876. The fraction of sp³-hybridized carbons (Fsp3) is 0.357. The van der Waals surface area contributed by atoms with E-state index in [9.17, 15) is 14.0 Å². The number of halogens is 1. The van der Waals surface area contributed by atoms with E-state index in [-0.39, 0.29) is 18.0 Å². The van der Waals surface area contributed by atoms with E-state index in [4.69, 9.17) is 5.26 Å². The smallest absolute Gasteiger partial charge is 0.147 e. The summed E-state index contributed by atoms with van der Waals surface area (Å²) in [6.07, 6.45) is 0.101. The molecule has 0 bridgehead atoms. The number of benzene rings is 1. The maximum Gasteiger partial charge on any atom is 0.147 e. The minimum absolute atomic E-state index is 0.101. The standard InChI is InChI=1S/C14H14FNO2/c1-9(17)7-13(14(8-16)10(2)18)11-3-5-12(15)6-4-11/h3-6,13-14H,7H2,1-2H3. The number of Topliss-reactive ketones (excluding diaryl/α,β-unsaturated/α-hetero) is 2. The first-order valence-electron chi connectivity index (χ1n) is 5.60. The SMILES string of the molecule is CC(=O)CC(c1ccc(F)cc1)C(C#N)C(C)=O. The summed E-state index contributed by atoms with van der Waals surface area (Å²) in [7, 11) is 0. The third-order valence-corrected chi connectivity index (χ3v) is 2.78. The monoisotopic (exact) mass is 247 g/mol. The summed E-state index contributed by atoms with van der Waals surface area (Å²) in [5.41, 5.74) is 0.633. The fourth-order valence-electron chi connectivity index (χ4n) is 1.91. The Morgan fingerprint density at radius 2 is 1.83 bits per heavy atom. The van der Waals surface area contributed by atoms with Crippen LogP contribution in [0, 0.1) is 23.1 Å². The Bertz CT molecular complexity index is 488. The van der Waals surface area contributed by atoms with Crippen molar-refractivity contribution >= 4 is 11.6 Å². The van der Waals surface area contributed by atoms with Gasteiger partial charge in [0.05, 0.1) is 6.07 Å². The van der Waals surface area contributed by atoms with E-state index in [0.29, 0.717) is 5.56 Å². The lowest BCUT2D eigenvalue weighted by molar-refractivity contribution is -0.120. The molecule has 2 unspecified atom stereocenters. The van der Waals surface area contributed by atoms with Gasteiger partial charge in [-0.3, -0.25) is 4.79 Å². The third-order valence-electron chi connectivity index (χ3n) is 2.78. The number of hydrogen-bond acceptors (Lipinski definition) is 3. The van der Waals surface area contributed by atoms with Gasteiger partial charge < -0.3 is 4.79 Å². The molecule has 0 N–H and O–H groups in total. The van der Waals surface area contributed by atoms with E-state index >= 15 is 0 Å². The number of ketones is 2. The molecule has 0 saturated heterocycles. The Morgan fingerprint density at radius 3 is 2.22 bits per heavy atom. The lowest BCUT2D eigenvalue weighted by Crippen LogP contribution is -2.20. The highest BCUT2D eigenvalue weighted by atomic mass is 19.1. The molecule has 3 nitrogen and oxygen atoms in total. The first kappa shape index (κ1) is 14.0. The number of hydrogen-bond donors (Lipinski definition) is 0. The lowest BCUT2D eigenvalue weighted by atomic mass is 9.81. The second kappa shape index (κ2) is 6.06. The van der Waals surface area contributed by atoms with E-state index < -0.39 is 17.7 Å². The molecule has 2 atom stereocenters. The minimum Gasteiger partial charge on any atom is -0.300 e. The van der Waals surface area contributed by atoms with Crippen LogP contribution in [0.4, 0.5) is 4.39 Å². The van der Waals surface area contributed by atoms with Crippen molar-refractivity contribution in [1.82, 2.24) is 0 Å². The van der Waals surface area contributed by atoms with Gasteiger partial charge in [-0.1, -0.05) is 12.1 Å². The molecule has 0 amide bonds. The summed E-state index contributed by atoms with van der Waals surface area (Å²) < 4.78 is 12.9. The molecule has 0 spiro atoms. The zero-order valence-electron chi connectivity index (χ0n) is 10.3. The van der Waals surface area contributed by atoms with Gasteiger partial charge in [0.25, 0.3) is 0 Å². The topological polar surface area (TPSA) is 57.9 Å². The van der Waals surface area contributed by atoms with Crippen LogP contribution in [0.3, 0.4) is 0 Å². The predicted molar refractivity (Wildman–Crippen MR) is 64.2 cm³/mol. The van der Waals surface area contributed by atoms with Gasteiger partial charge in [0.2, 0.25) is 0 Å². The molecule has 1 rings (SSSR count). The quantitative estimate of drug-likeness (QED) is 0.803. The van der Waals surface area contributed by atoms with E-state index in [1.165, 1.54) is 38.1 Å². The molecular weight excluding hydrogens is 233 g/mol. The van der Waals surface area contributed by atoms with Crippen LogP contribution in [0.1, 0.15) is 31.7 Å². The average Bonchev–Trinajstić information content (AvgIpc) is 2.28. The van der Waals surface area contributed by atoms with Gasteiger partial charge >= 0.3 is 0 Å². The number of rotatable bonds is 5. The van der Waals surface area contributed by atoms with Crippen molar-refractivity contribution in [2.75, 3.05) is 0 Å². The molecule has 18 heavy (non-hydrogen) atoms. The maximum atomic E-state index is 12.9. The van der Waals surface area contributed by atoms with E-state index in [0.717, 1.165) is 0 Å². The van der Waals surface area contributed by atoms with Crippen LogP contribution in [0.15, 0.2) is 24.3 Å². The molecule has 0 aliphatic rings. The van der Waals surface area contributed by atoms with Crippen LogP contribution < -0.4 is 0 Å². The summed E-state index contributed by atoms with van der Waals surface area (Å²) in [5, 5.41) is 9.04. The number of carbonyl (C=O) groups excluding carboxylic acids is 2. The van der Waals surface area contributed by atoms with E-state index in [2.05, 4.69) is 0 Å². The molecular formula is C14H14FNO2. The Balaban J connectivity index is 3.12. The summed E-state index contributed by atoms with van der Waals surface area (Å²) in [6, 6.07) is 7.47. The van der Waals surface area contributed by atoms with Crippen LogP contribution in [0.25, 0.3) is 0 Å². The summed E-state index contributed by atoms with van der Waals surface area (Å²) in [5.74, 6) is -2.17. The van der Waals surface area contributed by atoms with Crippen molar-refractivity contribution < 1.29 is 14.0 Å². The first-order valence-corrected chi connectivity index (χ1v) is 5.60. The highest BCUT2D eigenvalue weighted by Gasteiger charge is 2.28. The molecule has 94 valence electrons. The molecule has 0 heterocycles. The summed E-state index contributed by atoms with van der Waals surface area (Å²) in [4.78, 5) is 22.7. The molecule has 0 aromatic heterocycles. The highest BCUT2D eigenvalue weighted by Crippen LogP contribution is 2.29. The number of carbonyl (C=O) groups is 2. The van der Waals surface area contributed by atoms with Gasteiger partial charge in [-0.25, -0.2) is 4.39 Å². The summed E-state index contributed by atoms with van der Waals surface area (Å²) in [6.45, 7) is 2.73. The van der Waals surface area contributed by atoms with Crippen LogP contribution in [0.2, 0.25) is 0 Å². The van der Waals surface area contributed by atoms with Crippen molar-refractivity contribution in [2.45, 2.75) is 26.2 Å². The number of nitriles is 1. The highest BCUT2D eigenvalue weighted by molar-refractivity contribution is 5.84. The Hall–Kier alpha value is -2.02. The van der Waals surface area contributed by atoms with Crippen molar-refractivity contribution in [3.8, 4) is 6.07 Å². The number of nitrogens with zero attached hydrogens (tertiary/aromatic N) is 1. The molecule has 0 saturated carbocycles. The first-order chi connectivity index (χ1) is 8.45. The van der Waals surface area contributed by atoms with Gasteiger partial charge in [0.15, 0.2) is 0 Å². The van der Waals surface area contributed by atoms with Crippen LogP contribution in [0.5, 0.6) is 0 Å². The van der Waals surface area contributed by atoms with Gasteiger partial charge in [-0.2, -0.15) is 5.26 Å². The van der Waals surface area contributed by atoms with Crippen LogP contribution in [-0.4, -0.2) is 11.6 Å². The van der Waals surface area contributed by atoms with Crippen molar-refractivity contribution in [3.05, 3.63) is 35.6 Å². The molecule has 4 heteroatoms. The van der Waals surface area contributed by atoms with Gasteiger partial charge in [0.1, 0.15) is 23.3 Å². The van der Waals surface area contributed by atoms with Gasteiger partial charge in [0, 0.05) is 12.3 Å². The van der Waals surface area contributed by atoms with Gasteiger partial charge in [-0.05, 0) is 31.5 Å². The average molecular weight is 247 g/mol. The van der Waals surface area contributed by atoms with Crippen LogP contribution in [-0.2, 0) is 9.59 Å². The Kier molecular flexibility index (Phi) is 4.73. The van der Waals surface area contributed by atoms with Crippen molar-refractivity contribution in [2.24, 2.45) is 5.92 Å². The van der Waals surface area contributed by atoms with E-state index in [1.54, 1.807) is 0 Å². The second-order valence-corrected chi connectivity index (χ2v) is 4.28. The fourth-order valence-corrected chi connectivity index (χ4v) is 1.91. The lowest BCUT2D eigenvalue weighted by Gasteiger charge is -2.19. The predicted octanol–water partition coefficient (Wildman–Crippen LogP) is 2.62. The maximum absolute atomic E-state index is 12.9. The van der Waals surface area contributed by atoms with E-state index in [1.807, 2.05) is 6.07 Å². The van der Waals surface area contributed by atoms with Crippen molar-refractivity contribution in [3.63, 3.8) is 0 Å². The zero-order chi connectivity index (χ0) is 13.7. The van der Waals surface area contributed by atoms with Crippen LogP contribution >= 0.6 is 0 Å². The van der Waals surface area contributed by atoms with Gasteiger partial charge in [-0.15, -0.1) is 0 Å². The molecule has 0 fully saturated rings. The molecule has 0 aliphatic carbocycles. The normalized spacial score (nSPS) is 13.4.